The van der Waals surface area contributed by atoms with E-state index in [1.807, 2.05) is 36.2 Å². The molecule has 1 saturated carbocycles. The van der Waals surface area contributed by atoms with Gasteiger partial charge in [-0.15, -0.1) is 23.1 Å². The molecular weight excluding hydrogens is 450 g/mol. The van der Waals surface area contributed by atoms with Gasteiger partial charge in [0.1, 0.15) is 0 Å². The van der Waals surface area contributed by atoms with Gasteiger partial charge in [-0.1, -0.05) is 37.5 Å². The minimum atomic E-state index is -0.0630. The van der Waals surface area contributed by atoms with E-state index in [9.17, 15) is 9.59 Å². The lowest BCUT2D eigenvalue weighted by Gasteiger charge is -2.31. The van der Waals surface area contributed by atoms with Gasteiger partial charge in [-0.2, -0.15) is 0 Å². The first-order valence-electron chi connectivity index (χ1n) is 12.2. The van der Waals surface area contributed by atoms with Crippen molar-refractivity contribution in [1.82, 2.24) is 15.1 Å². The average molecular weight is 486 g/mol. The number of nitrogens with one attached hydrogen (secondary N) is 1. The van der Waals surface area contributed by atoms with Crippen LogP contribution in [-0.4, -0.2) is 60.1 Å². The van der Waals surface area contributed by atoms with Gasteiger partial charge in [-0.3, -0.25) is 14.5 Å². The topological polar surface area (TPSA) is 52.7 Å². The van der Waals surface area contributed by atoms with Crippen LogP contribution in [0.15, 0.2) is 46.7 Å². The van der Waals surface area contributed by atoms with Crippen LogP contribution in [0.4, 0.5) is 0 Å². The number of rotatable bonds is 9. The smallest absolute Gasteiger partial charge is 0.252 e. The molecule has 1 unspecified atom stereocenters. The van der Waals surface area contributed by atoms with Gasteiger partial charge in [0, 0.05) is 29.4 Å². The summed E-state index contributed by atoms with van der Waals surface area (Å²) >= 11 is 3.23. The Morgan fingerprint density at radius 3 is 2.58 bits per heavy atom. The van der Waals surface area contributed by atoms with Crippen LogP contribution in [0, 0.1) is 0 Å². The highest BCUT2D eigenvalue weighted by Gasteiger charge is 2.26. The first-order chi connectivity index (χ1) is 16.1. The van der Waals surface area contributed by atoms with Crippen LogP contribution in [0.5, 0.6) is 0 Å². The summed E-state index contributed by atoms with van der Waals surface area (Å²) in [6, 6.07) is 12.5. The van der Waals surface area contributed by atoms with Gasteiger partial charge in [0.15, 0.2) is 0 Å². The Morgan fingerprint density at radius 2 is 1.85 bits per heavy atom. The van der Waals surface area contributed by atoms with Crippen molar-refractivity contribution in [2.75, 3.05) is 32.4 Å². The predicted molar refractivity (Wildman–Crippen MR) is 137 cm³/mol. The number of benzene rings is 1. The van der Waals surface area contributed by atoms with Crippen LogP contribution < -0.4 is 5.32 Å². The molecule has 33 heavy (non-hydrogen) atoms. The maximum absolute atomic E-state index is 13.1. The van der Waals surface area contributed by atoms with E-state index in [4.69, 9.17) is 0 Å². The zero-order valence-corrected chi connectivity index (χ0v) is 21.1. The van der Waals surface area contributed by atoms with E-state index < -0.39 is 0 Å². The molecular formula is C26H35N3O2S2. The third kappa shape index (κ3) is 6.40. The van der Waals surface area contributed by atoms with Crippen LogP contribution in [0.2, 0.25) is 0 Å². The quantitative estimate of drug-likeness (QED) is 0.496. The molecule has 2 aromatic rings. The molecule has 2 fully saturated rings. The van der Waals surface area contributed by atoms with Crippen molar-refractivity contribution in [2.24, 2.45) is 0 Å². The highest BCUT2D eigenvalue weighted by molar-refractivity contribution is 8.00. The Balaban J connectivity index is 1.36. The highest BCUT2D eigenvalue weighted by Crippen LogP contribution is 2.29. The Morgan fingerprint density at radius 1 is 1.09 bits per heavy atom. The van der Waals surface area contributed by atoms with Crippen molar-refractivity contribution in [3.05, 3.63) is 52.2 Å². The maximum Gasteiger partial charge on any atom is 0.252 e. The van der Waals surface area contributed by atoms with E-state index in [1.54, 1.807) is 11.3 Å². The Kier molecular flexibility index (Phi) is 8.87. The number of nitrogens with zero attached hydrogens (tertiary/aromatic N) is 2. The molecule has 1 atom stereocenters. The van der Waals surface area contributed by atoms with Crippen molar-refractivity contribution >= 4 is 34.9 Å². The van der Waals surface area contributed by atoms with Gasteiger partial charge in [-0.25, -0.2) is 0 Å². The third-order valence-corrected chi connectivity index (χ3v) is 8.94. The summed E-state index contributed by atoms with van der Waals surface area (Å²) in [5.41, 5.74) is 0.655. The first-order valence-corrected chi connectivity index (χ1v) is 14.0. The fourth-order valence-electron chi connectivity index (χ4n) is 4.92. The van der Waals surface area contributed by atoms with Crippen LogP contribution in [0.1, 0.15) is 66.2 Å². The van der Waals surface area contributed by atoms with E-state index in [1.165, 1.54) is 48.7 Å². The minimum absolute atomic E-state index is 0.0630. The van der Waals surface area contributed by atoms with E-state index in [-0.39, 0.29) is 17.9 Å². The lowest BCUT2D eigenvalue weighted by atomic mass is 9.94. The van der Waals surface area contributed by atoms with Gasteiger partial charge < -0.3 is 10.2 Å². The summed E-state index contributed by atoms with van der Waals surface area (Å²) < 4.78 is 0. The summed E-state index contributed by atoms with van der Waals surface area (Å²) in [7, 11) is 1.93. The number of amides is 2. The lowest BCUT2D eigenvalue weighted by molar-refractivity contribution is -0.129. The number of thioether (sulfide) groups is 1. The van der Waals surface area contributed by atoms with Crippen LogP contribution in [0.3, 0.4) is 0 Å². The zero-order chi connectivity index (χ0) is 23.0. The molecule has 1 aromatic carbocycles. The monoisotopic (exact) mass is 485 g/mol. The highest BCUT2D eigenvalue weighted by atomic mass is 32.2. The average Bonchev–Trinajstić information content (AvgIpc) is 3.58. The van der Waals surface area contributed by atoms with Gasteiger partial charge >= 0.3 is 0 Å². The second-order valence-corrected chi connectivity index (χ2v) is 11.1. The van der Waals surface area contributed by atoms with Crippen molar-refractivity contribution < 1.29 is 9.59 Å². The van der Waals surface area contributed by atoms with Gasteiger partial charge in [0.25, 0.3) is 5.91 Å². The Bertz CT molecular complexity index is 906. The molecule has 4 rings (SSSR count). The summed E-state index contributed by atoms with van der Waals surface area (Å²) in [6.07, 6.45) is 8.35. The molecule has 1 N–H and O–H groups in total. The number of carbonyl (C=O) groups excluding carboxylic acids is 2. The molecule has 178 valence electrons. The third-order valence-electron chi connectivity index (χ3n) is 6.91. The predicted octanol–water partition coefficient (Wildman–Crippen LogP) is 5.20. The van der Waals surface area contributed by atoms with Gasteiger partial charge in [0.05, 0.1) is 17.4 Å². The number of carbonyl (C=O) groups is 2. The van der Waals surface area contributed by atoms with E-state index >= 15 is 0 Å². The fourth-order valence-corrected chi connectivity index (χ4v) is 6.76. The zero-order valence-electron chi connectivity index (χ0n) is 19.5. The maximum atomic E-state index is 13.1. The van der Waals surface area contributed by atoms with Crippen LogP contribution in [0.25, 0.3) is 0 Å². The van der Waals surface area contributed by atoms with E-state index in [0.717, 1.165) is 30.8 Å². The largest absolute Gasteiger partial charge is 0.350 e. The first kappa shape index (κ1) is 24.3. The minimum Gasteiger partial charge on any atom is -0.350 e. The normalized spacial score (nSPS) is 18.2. The molecule has 7 heteroatoms. The number of hydrogen-bond acceptors (Lipinski definition) is 5. The summed E-state index contributed by atoms with van der Waals surface area (Å²) in [5.74, 6) is 0.448. The van der Waals surface area contributed by atoms with Crippen molar-refractivity contribution in [3.63, 3.8) is 0 Å². The summed E-state index contributed by atoms with van der Waals surface area (Å²) in [6.45, 7) is 2.77. The Labute approximate surface area is 205 Å². The van der Waals surface area contributed by atoms with Crippen molar-refractivity contribution in [1.29, 1.82) is 0 Å². The van der Waals surface area contributed by atoms with Gasteiger partial charge in [-0.05, 0) is 62.4 Å². The summed E-state index contributed by atoms with van der Waals surface area (Å²) in [5, 5.41) is 5.29. The standard InChI is InChI=1S/C26H35N3O2S2/c1-28(20-10-3-2-4-11-20)25(30)19-33-23-13-6-5-12-21(23)26(31)27-18-22(24-14-9-17-32-24)29-15-7-8-16-29/h5-6,9,12-14,17,20,22H,2-4,7-8,10-11,15-16,18-19H2,1H3,(H,27,31). The van der Waals surface area contributed by atoms with Crippen molar-refractivity contribution in [2.45, 2.75) is 61.9 Å². The molecule has 0 radical (unpaired) electrons. The molecule has 1 aliphatic heterocycles. The molecule has 5 nitrogen and oxygen atoms in total. The summed E-state index contributed by atoms with van der Waals surface area (Å²) in [4.78, 5) is 32.5. The molecule has 1 aliphatic carbocycles. The molecule has 2 aliphatic rings. The van der Waals surface area contributed by atoms with Crippen LogP contribution >= 0.6 is 23.1 Å². The fraction of sp³-hybridized carbons (Fsp3) is 0.538. The Hall–Kier alpha value is -1.83. The molecule has 2 amide bonds. The number of likely N-dealkylation sites (tertiary alicyclic amines) is 1. The van der Waals surface area contributed by atoms with Crippen LogP contribution in [-0.2, 0) is 4.79 Å². The molecule has 1 aromatic heterocycles. The molecule has 0 spiro atoms. The number of hydrogen-bond donors (Lipinski definition) is 1. The lowest BCUT2D eigenvalue weighted by Crippen LogP contribution is -2.39. The number of thiophene rings is 1. The SMILES string of the molecule is CN(C(=O)CSc1ccccc1C(=O)NCC(c1cccs1)N1CCCC1)C1CCCCC1. The van der Waals surface area contributed by atoms with Gasteiger partial charge in [0.2, 0.25) is 5.91 Å². The van der Waals surface area contributed by atoms with E-state index in [2.05, 4.69) is 27.7 Å². The second-order valence-electron chi connectivity index (χ2n) is 9.07. The van der Waals surface area contributed by atoms with Crippen molar-refractivity contribution in [3.8, 4) is 0 Å². The molecule has 2 heterocycles. The van der Waals surface area contributed by atoms with E-state index in [0.29, 0.717) is 23.9 Å². The second kappa shape index (κ2) is 12.0. The molecule has 0 bridgehead atoms. The molecule has 1 saturated heterocycles.